The lowest BCUT2D eigenvalue weighted by Crippen LogP contribution is -2.64. The number of nitrogens with zero attached hydrogens (tertiary/aromatic N) is 2. The average Bonchev–Trinajstić information content (AvgIpc) is 2.54. The molecule has 1 N–H and O–H groups in total. The SMILES string of the molecule is CCNC(c1cccc(OC)c1F)C1CN2CCN1CC2. The van der Waals surface area contributed by atoms with Gasteiger partial charge in [-0.05, 0) is 12.6 Å². The van der Waals surface area contributed by atoms with Gasteiger partial charge in [0.25, 0.3) is 0 Å². The summed E-state index contributed by atoms with van der Waals surface area (Å²) in [5, 5.41) is 3.48. The van der Waals surface area contributed by atoms with Gasteiger partial charge in [-0.2, -0.15) is 0 Å². The number of ether oxygens (including phenoxy) is 1. The zero-order valence-corrected chi connectivity index (χ0v) is 12.8. The van der Waals surface area contributed by atoms with Crippen molar-refractivity contribution < 1.29 is 9.13 Å². The second-order valence-electron chi connectivity index (χ2n) is 5.80. The summed E-state index contributed by atoms with van der Waals surface area (Å²) in [6.07, 6.45) is 0. The monoisotopic (exact) mass is 293 g/mol. The summed E-state index contributed by atoms with van der Waals surface area (Å²) in [4.78, 5) is 4.97. The van der Waals surface area contributed by atoms with Crippen LogP contribution in [-0.2, 0) is 0 Å². The summed E-state index contributed by atoms with van der Waals surface area (Å²) in [5.41, 5.74) is 0.718. The summed E-state index contributed by atoms with van der Waals surface area (Å²) < 4.78 is 19.8. The normalized spacial score (nSPS) is 29.4. The number of methoxy groups -OCH3 is 1. The molecular formula is C16H24FN3O. The van der Waals surface area contributed by atoms with Gasteiger partial charge in [-0.1, -0.05) is 19.1 Å². The summed E-state index contributed by atoms with van der Waals surface area (Å²) in [6, 6.07) is 5.77. The first-order valence-electron chi connectivity index (χ1n) is 7.76. The number of nitrogens with one attached hydrogen (secondary N) is 1. The Balaban J connectivity index is 1.91. The molecule has 0 amide bonds. The second kappa shape index (κ2) is 6.30. The van der Waals surface area contributed by atoms with E-state index in [1.165, 1.54) is 7.11 Å². The van der Waals surface area contributed by atoms with Crippen LogP contribution in [0.25, 0.3) is 0 Å². The van der Waals surface area contributed by atoms with Crippen molar-refractivity contribution in [3.05, 3.63) is 29.6 Å². The van der Waals surface area contributed by atoms with Gasteiger partial charge in [-0.15, -0.1) is 0 Å². The number of likely N-dealkylation sites (N-methyl/N-ethyl adjacent to an activating group) is 1. The molecule has 3 fully saturated rings. The van der Waals surface area contributed by atoms with Crippen molar-refractivity contribution in [3.63, 3.8) is 0 Å². The maximum absolute atomic E-state index is 14.6. The molecule has 3 aliphatic heterocycles. The fourth-order valence-corrected chi connectivity index (χ4v) is 3.57. The summed E-state index contributed by atoms with van der Waals surface area (Å²) in [7, 11) is 1.52. The highest BCUT2D eigenvalue weighted by atomic mass is 19.1. The third kappa shape index (κ3) is 2.78. The maximum Gasteiger partial charge on any atom is 0.169 e. The van der Waals surface area contributed by atoms with Crippen molar-refractivity contribution in [2.45, 2.75) is 19.0 Å². The number of benzene rings is 1. The Morgan fingerprint density at radius 3 is 2.67 bits per heavy atom. The Labute approximate surface area is 125 Å². The molecule has 0 saturated carbocycles. The molecule has 116 valence electrons. The van der Waals surface area contributed by atoms with Gasteiger partial charge in [-0.25, -0.2) is 4.39 Å². The highest BCUT2D eigenvalue weighted by Crippen LogP contribution is 2.31. The van der Waals surface area contributed by atoms with Crippen LogP contribution < -0.4 is 10.1 Å². The van der Waals surface area contributed by atoms with Crippen LogP contribution in [0.15, 0.2) is 18.2 Å². The number of halogens is 1. The maximum atomic E-state index is 14.6. The first-order chi connectivity index (χ1) is 10.2. The van der Waals surface area contributed by atoms with E-state index in [0.717, 1.165) is 44.8 Å². The van der Waals surface area contributed by atoms with E-state index in [2.05, 4.69) is 22.0 Å². The van der Waals surface area contributed by atoms with Gasteiger partial charge in [0.05, 0.1) is 13.2 Å². The van der Waals surface area contributed by atoms with Crippen LogP contribution in [0.3, 0.4) is 0 Å². The molecule has 1 aromatic rings. The van der Waals surface area contributed by atoms with Gasteiger partial charge < -0.3 is 10.1 Å². The third-order valence-corrected chi connectivity index (χ3v) is 4.68. The van der Waals surface area contributed by atoms with Gasteiger partial charge in [0.1, 0.15) is 0 Å². The summed E-state index contributed by atoms with van der Waals surface area (Å²) in [5.74, 6) is 0.0928. The molecular weight excluding hydrogens is 269 g/mol. The quantitative estimate of drug-likeness (QED) is 0.890. The van der Waals surface area contributed by atoms with Crippen molar-refractivity contribution in [3.8, 4) is 5.75 Å². The van der Waals surface area contributed by atoms with Gasteiger partial charge >= 0.3 is 0 Å². The van der Waals surface area contributed by atoms with Crippen LogP contribution >= 0.6 is 0 Å². The van der Waals surface area contributed by atoms with E-state index in [9.17, 15) is 4.39 Å². The molecule has 2 bridgehead atoms. The van der Waals surface area contributed by atoms with Crippen LogP contribution in [0.4, 0.5) is 4.39 Å². The molecule has 3 saturated heterocycles. The predicted octanol–water partition coefficient (Wildman–Crippen LogP) is 1.48. The standard InChI is InChI=1S/C16H24FN3O/c1-3-18-16(12-5-4-6-14(21-2)15(12)17)13-11-19-7-9-20(13)10-8-19/h4-6,13,16,18H,3,7-11H2,1-2H3. The minimum Gasteiger partial charge on any atom is -0.494 e. The number of hydrogen-bond donors (Lipinski definition) is 1. The van der Waals surface area contributed by atoms with Crippen molar-refractivity contribution in [1.29, 1.82) is 0 Å². The fraction of sp³-hybridized carbons (Fsp3) is 0.625. The highest BCUT2D eigenvalue weighted by molar-refractivity contribution is 5.34. The van der Waals surface area contributed by atoms with Crippen molar-refractivity contribution in [1.82, 2.24) is 15.1 Å². The lowest BCUT2D eigenvalue weighted by molar-refractivity contribution is -0.00398. The van der Waals surface area contributed by atoms with Crippen LogP contribution in [0, 0.1) is 5.82 Å². The zero-order valence-electron chi connectivity index (χ0n) is 12.8. The van der Waals surface area contributed by atoms with E-state index in [-0.39, 0.29) is 11.9 Å². The van der Waals surface area contributed by atoms with Gasteiger partial charge in [0.15, 0.2) is 11.6 Å². The number of fused-ring (bicyclic) bond motifs is 3. The van der Waals surface area contributed by atoms with E-state index >= 15 is 0 Å². The van der Waals surface area contributed by atoms with E-state index in [4.69, 9.17) is 4.74 Å². The molecule has 0 aliphatic carbocycles. The molecule has 4 nitrogen and oxygen atoms in total. The first-order valence-corrected chi connectivity index (χ1v) is 7.76. The van der Waals surface area contributed by atoms with Gasteiger partial charge in [-0.3, -0.25) is 9.80 Å². The largest absolute Gasteiger partial charge is 0.494 e. The molecule has 2 unspecified atom stereocenters. The molecule has 4 rings (SSSR count). The zero-order chi connectivity index (χ0) is 14.8. The lowest BCUT2D eigenvalue weighted by Gasteiger charge is -2.50. The number of piperazine rings is 3. The minimum absolute atomic E-state index is 0.00759. The molecule has 3 aliphatic rings. The molecule has 0 spiro atoms. The third-order valence-electron chi connectivity index (χ3n) is 4.68. The molecule has 21 heavy (non-hydrogen) atoms. The Morgan fingerprint density at radius 2 is 2.10 bits per heavy atom. The molecule has 3 heterocycles. The van der Waals surface area contributed by atoms with Crippen molar-refractivity contribution >= 4 is 0 Å². The smallest absolute Gasteiger partial charge is 0.169 e. The van der Waals surface area contributed by atoms with E-state index in [0.29, 0.717) is 11.8 Å². The molecule has 0 radical (unpaired) electrons. The van der Waals surface area contributed by atoms with Gasteiger partial charge in [0, 0.05) is 44.3 Å². The van der Waals surface area contributed by atoms with Crippen molar-refractivity contribution in [2.75, 3.05) is 46.4 Å². The number of hydrogen-bond acceptors (Lipinski definition) is 4. The Kier molecular flexibility index (Phi) is 4.42. The Hall–Kier alpha value is -1.17. The summed E-state index contributed by atoms with van der Waals surface area (Å²) >= 11 is 0. The fourth-order valence-electron chi connectivity index (χ4n) is 3.57. The first kappa shape index (κ1) is 14.8. The molecule has 0 aromatic heterocycles. The van der Waals surface area contributed by atoms with Crippen LogP contribution in [0.1, 0.15) is 18.5 Å². The van der Waals surface area contributed by atoms with Crippen LogP contribution in [0.5, 0.6) is 5.75 Å². The molecule has 1 aromatic carbocycles. The van der Waals surface area contributed by atoms with E-state index in [1.54, 1.807) is 6.07 Å². The van der Waals surface area contributed by atoms with Gasteiger partial charge in [0.2, 0.25) is 0 Å². The van der Waals surface area contributed by atoms with E-state index < -0.39 is 0 Å². The van der Waals surface area contributed by atoms with Crippen LogP contribution in [-0.4, -0.2) is 62.2 Å². The second-order valence-corrected chi connectivity index (χ2v) is 5.80. The van der Waals surface area contributed by atoms with E-state index in [1.807, 2.05) is 12.1 Å². The van der Waals surface area contributed by atoms with Crippen molar-refractivity contribution in [2.24, 2.45) is 0 Å². The summed E-state index contributed by atoms with van der Waals surface area (Å²) in [6.45, 7) is 8.34. The Morgan fingerprint density at radius 1 is 1.33 bits per heavy atom. The topological polar surface area (TPSA) is 27.7 Å². The number of rotatable bonds is 5. The lowest BCUT2D eigenvalue weighted by atomic mass is 9.93. The van der Waals surface area contributed by atoms with Crippen LogP contribution in [0.2, 0.25) is 0 Å². The average molecular weight is 293 g/mol. The predicted molar refractivity (Wildman–Crippen MR) is 81.2 cm³/mol. The Bertz CT molecular complexity index is 488. The molecule has 2 atom stereocenters. The minimum atomic E-state index is -0.233. The highest BCUT2D eigenvalue weighted by Gasteiger charge is 2.38. The molecule has 5 heteroatoms.